The molecule has 0 aliphatic carbocycles. The number of rotatable bonds is 3. The molecule has 0 spiro atoms. The number of nitrogens with two attached hydrogens (primary N) is 1. The maximum atomic E-state index is 11.1. The first-order valence-electron chi connectivity index (χ1n) is 5.48. The van der Waals surface area contributed by atoms with Gasteiger partial charge in [-0.15, -0.1) is 0 Å². The van der Waals surface area contributed by atoms with E-state index in [0.717, 1.165) is 12.1 Å². The molecule has 0 radical (unpaired) electrons. The van der Waals surface area contributed by atoms with Crippen LogP contribution in [-0.4, -0.2) is 20.6 Å². The van der Waals surface area contributed by atoms with Crippen LogP contribution in [0, 0.1) is 5.92 Å². The predicted octanol–water partition coefficient (Wildman–Crippen LogP) is 1.97. The third-order valence-corrected chi connectivity index (χ3v) is 2.59. The first-order chi connectivity index (χ1) is 8.00. The minimum Gasteiger partial charge on any atom is -0.478 e. The van der Waals surface area contributed by atoms with E-state index in [4.69, 9.17) is 10.8 Å². The summed E-state index contributed by atoms with van der Waals surface area (Å²) in [6.07, 6.45) is 0. The van der Waals surface area contributed by atoms with E-state index >= 15 is 0 Å². The van der Waals surface area contributed by atoms with E-state index in [1.807, 2.05) is 10.6 Å². The number of imidazole rings is 1. The van der Waals surface area contributed by atoms with Gasteiger partial charge in [0.05, 0.1) is 11.1 Å². The Labute approximate surface area is 98.9 Å². The summed E-state index contributed by atoms with van der Waals surface area (Å²) >= 11 is 0. The van der Waals surface area contributed by atoms with E-state index in [1.165, 1.54) is 6.07 Å². The van der Waals surface area contributed by atoms with E-state index in [-0.39, 0.29) is 5.56 Å². The molecule has 90 valence electrons. The van der Waals surface area contributed by atoms with Gasteiger partial charge in [0.15, 0.2) is 0 Å². The number of fused-ring (bicyclic) bond motifs is 1. The van der Waals surface area contributed by atoms with Crippen LogP contribution in [0.5, 0.6) is 0 Å². The molecule has 0 amide bonds. The van der Waals surface area contributed by atoms with Crippen molar-refractivity contribution in [2.75, 3.05) is 5.73 Å². The van der Waals surface area contributed by atoms with Crippen LogP contribution in [0.1, 0.15) is 24.2 Å². The number of hydrogen-bond donors (Lipinski definition) is 2. The lowest BCUT2D eigenvalue weighted by Crippen LogP contribution is -2.07. The monoisotopic (exact) mass is 233 g/mol. The molecule has 0 atom stereocenters. The van der Waals surface area contributed by atoms with Crippen molar-refractivity contribution in [2.45, 2.75) is 20.4 Å². The highest BCUT2D eigenvalue weighted by atomic mass is 16.4. The molecule has 0 aliphatic rings. The molecule has 0 fully saturated rings. The Balaban J connectivity index is 2.67. The second kappa shape index (κ2) is 4.08. The van der Waals surface area contributed by atoms with Gasteiger partial charge in [-0.2, -0.15) is 0 Å². The van der Waals surface area contributed by atoms with Gasteiger partial charge in [-0.25, -0.2) is 9.78 Å². The van der Waals surface area contributed by atoms with Crippen molar-refractivity contribution < 1.29 is 9.90 Å². The van der Waals surface area contributed by atoms with E-state index in [1.54, 1.807) is 6.07 Å². The van der Waals surface area contributed by atoms with Crippen LogP contribution < -0.4 is 5.73 Å². The minimum atomic E-state index is -0.982. The molecule has 5 heteroatoms. The molecular formula is C12H15N3O2. The zero-order chi connectivity index (χ0) is 12.6. The van der Waals surface area contributed by atoms with Gasteiger partial charge in [0, 0.05) is 6.54 Å². The third kappa shape index (κ3) is 1.95. The Morgan fingerprint density at radius 2 is 2.24 bits per heavy atom. The van der Waals surface area contributed by atoms with Gasteiger partial charge in [0.25, 0.3) is 0 Å². The van der Waals surface area contributed by atoms with Crippen LogP contribution >= 0.6 is 0 Å². The molecule has 0 bridgehead atoms. The zero-order valence-electron chi connectivity index (χ0n) is 9.84. The lowest BCUT2D eigenvalue weighted by atomic mass is 10.1. The molecule has 1 heterocycles. The highest BCUT2D eigenvalue weighted by molar-refractivity contribution is 6.01. The van der Waals surface area contributed by atoms with Crippen molar-refractivity contribution >= 4 is 23.0 Å². The fraction of sp³-hybridized carbons (Fsp3) is 0.333. The Kier molecular flexibility index (Phi) is 2.75. The van der Waals surface area contributed by atoms with Gasteiger partial charge >= 0.3 is 5.97 Å². The molecule has 1 aromatic heterocycles. The summed E-state index contributed by atoms with van der Waals surface area (Å²) in [7, 11) is 0. The second-order valence-electron chi connectivity index (χ2n) is 4.45. The predicted molar refractivity (Wildman–Crippen MR) is 65.9 cm³/mol. The van der Waals surface area contributed by atoms with Gasteiger partial charge < -0.3 is 15.4 Å². The number of aromatic carboxylic acids is 1. The maximum Gasteiger partial charge on any atom is 0.337 e. The smallest absolute Gasteiger partial charge is 0.337 e. The normalized spacial score (nSPS) is 11.2. The number of aromatic nitrogens is 2. The summed E-state index contributed by atoms with van der Waals surface area (Å²) in [5.74, 6) is -0.199. The van der Waals surface area contributed by atoms with Crippen LogP contribution in [0.4, 0.5) is 5.95 Å². The number of hydrogen-bond acceptors (Lipinski definition) is 3. The fourth-order valence-corrected chi connectivity index (χ4v) is 1.89. The largest absolute Gasteiger partial charge is 0.478 e. The maximum absolute atomic E-state index is 11.1. The van der Waals surface area contributed by atoms with Crippen molar-refractivity contribution in [3.05, 3.63) is 23.8 Å². The molecule has 1 aromatic carbocycles. The van der Waals surface area contributed by atoms with Crippen LogP contribution in [0.25, 0.3) is 11.0 Å². The van der Waals surface area contributed by atoms with Crippen molar-refractivity contribution in [2.24, 2.45) is 5.92 Å². The quantitative estimate of drug-likeness (QED) is 0.849. The average Bonchev–Trinajstić information content (AvgIpc) is 2.54. The Bertz CT molecular complexity index is 572. The minimum absolute atomic E-state index is 0.191. The molecular weight excluding hydrogens is 218 g/mol. The van der Waals surface area contributed by atoms with Crippen molar-refractivity contribution in [1.82, 2.24) is 9.55 Å². The summed E-state index contributed by atoms with van der Waals surface area (Å²) in [5.41, 5.74) is 7.25. The Hall–Kier alpha value is -2.04. The SMILES string of the molecule is CC(C)Cn1c(N)nc2c(C(=O)O)cccc21. The highest BCUT2D eigenvalue weighted by Crippen LogP contribution is 2.22. The van der Waals surface area contributed by atoms with Crippen LogP contribution in [0.3, 0.4) is 0 Å². The number of nitrogens with zero attached hydrogens (tertiary/aromatic N) is 2. The second-order valence-corrected chi connectivity index (χ2v) is 4.45. The number of carboxylic acids is 1. The molecule has 0 saturated heterocycles. The summed E-state index contributed by atoms with van der Waals surface area (Å²) in [6, 6.07) is 5.09. The Morgan fingerprint density at radius 3 is 2.82 bits per heavy atom. The number of carbonyl (C=O) groups is 1. The molecule has 5 nitrogen and oxygen atoms in total. The standard InChI is InChI=1S/C12H15N3O2/c1-7(2)6-15-9-5-3-4-8(11(16)17)10(9)14-12(15)13/h3-5,7H,6H2,1-2H3,(H2,13,14)(H,16,17). The fourth-order valence-electron chi connectivity index (χ4n) is 1.89. The van der Waals surface area contributed by atoms with Gasteiger partial charge in [-0.1, -0.05) is 19.9 Å². The van der Waals surface area contributed by atoms with E-state index in [9.17, 15) is 4.79 Å². The van der Waals surface area contributed by atoms with Crippen LogP contribution in [-0.2, 0) is 6.54 Å². The molecule has 17 heavy (non-hydrogen) atoms. The van der Waals surface area contributed by atoms with Crippen LogP contribution in [0.2, 0.25) is 0 Å². The summed E-state index contributed by atoms with van der Waals surface area (Å²) < 4.78 is 1.85. The van der Waals surface area contributed by atoms with E-state index in [0.29, 0.717) is 17.4 Å². The van der Waals surface area contributed by atoms with Gasteiger partial charge in [0.1, 0.15) is 5.52 Å². The molecule has 0 saturated carbocycles. The highest BCUT2D eigenvalue weighted by Gasteiger charge is 2.15. The van der Waals surface area contributed by atoms with Crippen molar-refractivity contribution in [3.8, 4) is 0 Å². The number of anilines is 1. The number of benzene rings is 1. The molecule has 2 rings (SSSR count). The number of carboxylic acid groups (broad SMARTS) is 1. The Morgan fingerprint density at radius 1 is 1.53 bits per heavy atom. The van der Waals surface area contributed by atoms with Gasteiger partial charge in [-0.05, 0) is 18.1 Å². The van der Waals surface area contributed by atoms with Gasteiger partial charge in [-0.3, -0.25) is 0 Å². The molecule has 0 unspecified atom stereocenters. The zero-order valence-corrected chi connectivity index (χ0v) is 9.84. The lowest BCUT2D eigenvalue weighted by Gasteiger charge is -2.08. The lowest BCUT2D eigenvalue weighted by molar-refractivity contribution is 0.0699. The number of para-hydroxylation sites is 1. The summed E-state index contributed by atoms with van der Waals surface area (Å²) in [5, 5.41) is 9.07. The molecule has 3 N–H and O–H groups in total. The molecule has 0 aliphatic heterocycles. The first kappa shape index (κ1) is 11.4. The van der Waals surface area contributed by atoms with Crippen molar-refractivity contribution in [1.29, 1.82) is 0 Å². The first-order valence-corrected chi connectivity index (χ1v) is 5.48. The van der Waals surface area contributed by atoms with Crippen LogP contribution in [0.15, 0.2) is 18.2 Å². The van der Waals surface area contributed by atoms with E-state index in [2.05, 4.69) is 18.8 Å². The summed E-state index contributed by atoms with van der Waals surface area (Å²) in [4.78, 5) is 15.2. The third-order valence-electron chi connectivity index (χ3n) is 2.59. The topological polar surface area (TPSA) is 81.1 Å². The van der Waals surface area contributed by atoms with E-state index < -0.39 is 5.97 Å². The average molecular weight is 233 g/mol. The van der Waals surface area contributed by atoms with Gasteiger partial charge in [0.2, 0.25) is 5.95 Å². The summed E-state index contributed by atoms with van der Waals surface area (Å²) in [6.45, 7) is 4.88. The number of nitrogen functional groups attached to an aromatic ring is 1. The van der Waals surface area contributed by atoms with Crippen molar-refractivity contribution in [3.63, 3.8) is 0 Å². The molecule has 2 aromatic rings.